The molecule has 1 heterocycles. The number of hydrogen-bond donors (Lipinski definition) is 0. The summed E-state index contributed by atoms with van der Waals surface area (Å²) in [6.07, 6.45) is 0.996. The van der Waals surface area contributed by atoms with Crippen LogP contribution in [0.3, 0.4) is 0 Å². The number of hydrogen-bond acceptors (Lipinski definition) is 3. The van der Waals surface area contributed by atoms with E-state index in [-0.39, 0.29) is 5.50 Å². The van der Waals surface area contributed by atoms with Gasteiger partial charge in [-0.1, -0.05) is 19.1 Å². The highest BCUT2D eigenvalue weighted by molar-refractivity contribution is 6.20. The lowest BCUT2D eigenvalue weighted by Gasteiger charge is -2.38. The third-order valence-corrected chi connectivity index (χ3v) is 4.06. The standard InChI is InChI=1S/C14H21ClN2O/c1-3-14(15)17-10-8-16(9-11-17)12-6-4-5-7-13(12)18-2/h4-7,14H,3,8-11H2,1-2H3. The van der Waals surface area contributed by atoms with Gasteiger partial charge in [0.1, 0.15) is 5.75 Å². The molecule has 1 unspecified atom stereocenters. The summed E-state index contributed by atoms with van der Waals surface area (Å²) in [7, 11) is 1.72. The third-order valence-electron chi connectivity index (χ3n) is 3.47. The highest BCUT2D eigenvalue weighted by Crippen LogP contribution is 2.28. The predicted octanol–water partition coefficient (Wildman–Crippen LogP) is 2.79. The second-order valence-corrected chi connectivity index (χ2v) is 5.04. The van der Waals surface area contributed by atoms with E-state index in [1.54, 1.807) is 7.11 Å². The molecule has 0 bridgehead atoms. The van der Waals surface area contributed by atoms with Crippen molar-refractivity contribution in [2.24, 2.45) is 0 Å². The molecule has 1 aromatic carbocycles. The fourth-order valence-electron chi connectivity index (χ4n) is 2.39. The van der Waals surface area contributed by atoms with Gasteiger partial charge in [-0.05, 0) is 18.6 Å². The second kappa shape index (κ2) is 6.30. The van der Waals surface area contributed by atoms with Gasteiger partial charge in [0.05, 0.1) is 18.3 Å². The average Bonchev–Trinajstić information content (AvgIpc) is 2.46. The molecule has 0 aromatic heterocycles. The Labute approximate surface area is 114 Å². The van der Waals surface area contributed by atoms with E-state index in [0.29, 0.717) is 0 Å². The molecule has 1 aliphatic rings. The summed E-state index contributed by atoms with van der Waals surface area (Å²) in [6, 6.07) is 8.19. The Hall–Kier alpha value is -0.930. The number of anilines is 1. The topological polar surface area (TPSA) is 15.7 Å². The zero-order chi connectivity index (χ0) is 13.0. The first-order valence-electron chi connectivity index (χ1n) is 6.52. The lowest BCUT2D eigenvalue weighted by atomic mass is 10.2. The molecule has 0 radical (unpaired) electrons. The van der Waals surface area contributed by atoms with E-state index in [1.165, 1.54) is 5.69 Å². The van der Waals surface area contributed by atoms with Crippen molar-refractivity contribution in [3.8, 4) is 5.75 Å². The first-order valence-corrected chi connectivity index (χ1v) is 6.96. The van der Waals surface area contributed by atoms with Crippen molar-refractivity contribution in [1.82, 2.24) is 4.90 Å². The maximum absolute atomic E-state index is 6.28. The number of benzene rings is 1. The van der Waals surface area contributed by atoms with Gasteiger partial charge in [0.2, 0.25) is 0 Å². The summed E-state index contributed by atoms with van der Waals surface area (Å²) in [5.74, 6) is 0.948. The highest BCUT2D eigenvalue weighted by Gasteiger charge is 2.22. The minimum atomic E-state index is 0.171. The number of para-hydroxylation sites is 2. The monoisotopic (exact) mass is 268 g/mol. The molecule has 0 spiro atoms. The quantitative estimate of drug-likeness (QED) is 0.617. The van der Waals surface area contributed by atoms with Gasteiger partial charge in [0, 0.05) is 26.2 Å². The van der Waals surface area contributed by atoms with E-state index in [4.69, 9.17) is 16.3 Å². The van der Waals surface area contributed by atoms with E-state index < -0.39 is 0 Å². The Bertz CT molecular complexity index is 378. The van der Waals surface area contributed by atoms with E-state index >= 15 is 0 Å². The number of ether oxygens (including phenoxy) is 1. The summed E-state index contributed by atoms with van der Waals surface area (Å²) >= 11 is 6.28. The zero-order valence-electron chi connectivity index (χ0n) is 11.1. The maximum atomic E-state index is 6.28. The van der Waals surface area contributed by atoms with Crippen LogP contribution in [0.15, 0.2) is 24.3 Å². The van der Waals surface area contributed by atoms with Crippen molar-refractivity contribution in [3.05, 3.63) is 24.3 Å². The van der Waals surface area contributed by atoms with Crippen molar-refractivity contribution in [2.45, 2.75) is 18.8 Å². The van der Waals surface area contributed by atoms with E-state index in [2.05, 4.69) is 28.9 Å². The summed E-state index contributed by atoms with van der Waals surface area (Å²) < 4.78 is 5.41. The van der Waals surface area contributed by atoms with Crippen molar-refractivity contribution in [1.29, 1.82) is 0 Å². The van der Waals surface area contributed by atoms with Crippen molar-refractivity contribution in [2.75, 3.05) is 38.2 Å². The number of halogens is 1. The van der Waals surface area contributed by atoms with Crippen LogP contribution in [-0.2, 0) is 0 Å². The summed E-state index contributed by atoms with van der Waals surface area (Å²) in [5, 5.41) is 0. The van der Waals surface area contributed by atoms with Crippen LogP contribution in [0, 0.1) is 0 Å². The largest absolute Gasteiger partial charge is 0.495 e. The van der Waals surface area contributed by atoms with Crippen LogP contribution >= 0.6 is 11.6 Å². The normalized spacial score (nSPS) is 18.7. The zero-order valence-corrected chi connectivity index (χ0v) is 11.9. The molecule has 4 heteroatoms. The van der Waals surface area contributed by atoms with Crippen LogP contribution in [0.2, 0.25) is 0 Å². The summed E-state index contributed by atoms with van der Waals surface area (Å²) in [5.41, 5.74) is 1.35. The number of rotatable bonds is 4. The van der Waals surface area contributed by atoms with Crippen LogP contribution in [0.1, 0.15) is 13.3 Å². The van der Waals surface area contributed by atoms with Crippen LogP contribution < -0.4 is 9.64 Å². The van der Waals surface area contributed by atoms with E-state index in [9.17, 15) is 0 Å². The molecule has 3 nitrogen and oxygen atoms in total. The number of alkyl halides is 1. The molecule has 0 aliphatic carbocycles. The molecule has 2 rings (SSSR count). The SMILES string of the molecule is CCC(Cl)N1CCN(c2ccccc2OC)CC1. The van der Waals surface area contributed by atoms with Gasteiger partial charge >= 0.3 is 0 Å². The molecule has 1 saturated heterocycles. The number of nitrogens with zero attached hydrogens (tertiary/aromatic N) is 2. The molecule has 1 atom stereocenters. The Morgan fingerprint density at radius 2 is 1.89 bits per heavy atom. The van der Waals surface area contributed by atoms with Crippen molar-refractivity contribution >= 4 is 17.3 Å². The molecule has 100 valence electrons. The minimum absolute atomic E-state index is 0.171. The molecule has 18 heavy (non-hydrogen) atoms. The minimum Gasteiger partial charge on any atom is -0.495 e. The Morgan fingerprint density at radius 1 is 1.22 bits per heavy atom. The molecule has 0 amide bonds. The first-order chi connectivity index (χ1) is 8.76. The van der Waals surface area contributed by atoms with Crippen LogP contribution in [0.25, 0.3) is 0 Å². The predicted molar refractivity (Wildman–Crippen MR) is 76.7 cm³/mol. The van der Waals surface area contributed by atoms with Gasteiger partial charge in [-0.3, -0.25) is 4.90 Å². The van der Waals surface area contributed by atoms with Crippen LogP contribution in [0.4, 0.5) is 5.69 Å². The first kappa shape index (κ1) is 13.5. The molecule has 0 N–H and O–H groups in total. The molecule has 1 aromatic rings. The fourth-order valence-corrected chi connectivity index (χ4v) is 2.59. The van der Waals surface area contributed by atoms with Crippen LogP contribution in [0.5, 0.6) is 5.75 Å². The summed E-state index contributed by atoms with van der Waals surface area (Å²) in [6.45, 7) is 6.16. The molecule has 1 fully saturated rings. The van der Waals surface area contributed by atoms with Gasteiger partial charge in [-0.25, -0.2) is 0 Å². The molecular formula is C14H21ClN2O. The van der Waals surface area contributed by atoms with Gasteiger partial charge in [-0.15, -0.1) is 11.6 Å². The van der Waals surface area contributed by atoms with Crippen molar-refractivity contribution in [3.63, 3.8) is 0 Å². The fraction of sp³-hybridized carbons (Fsp3) is 0.571. The van der Waals surface area contributed by atoms with E-state index in [1.807, 2.05) is 12.1 Å². The average molecular weight is 269 g/mol. The summed E-state index contributed by atoms with van der Waals surface area (Å²) in [4.78, 5) is 4.71. The Morgan fingerprint density at radius 3 is 2.50 bits per heavy atom. The van der Waals surface area contributed by atoms with Gasteiger partial charge in [0.15, 0.2) is 0 Å². The van der Waals surface area contributed by atoms with Gasteiger partial charge < -0.3 is 9.64 Å². The lowest BCUT2D eigenvalue weighted by Crippen LogP contribution is -2.48. The number of methoxy groups -OCH3 is 1. The highest BCUT2D eigenvalue weighted by atomic mass is 35.5. The molecular weight excluding hydrogens is 248 g/mol. The molecule has 0 saturated carbocycles. The number of piperazine rings is 1. The Kier molecular flexibility index (Phi) is 4.72. The van der Waals surface area contributed by atoms with Gasteiger partial charge in [0.25, 0.3) is 0 Å². The smallest absolute Gasteiger partial charge is 0.142 e. The molecule has 1 aliphatic heterocycles. The van der Waals surface area contributed by atoms with Crippen LogP contribution in [-0.4, -0.2) is 43.7 Å². The maximum Gasteiger partial charge on any atom is 0.142 e. The Balaban J connectivity index is 2.01. The third kappa shape index (κ3) is 2.90. The van der Waals surface area contributed by atoms with Gasteiger partial charge in [-0.2, -0.15) is 0 Å². The second-order valence-electron chi connectivity index (χ2n) is 4.54. The van der Waals surface area contributed by atoms with Crippen molar-refractivity contribution < 1.29 is 4.74 Å². The lowest BCUT2D eigenvalue weighted by molar-refractivity contribution is 0.232. The van der Waals surface area contributed by atoms with E-state index in [0.717, 1.165) is 38.3 Å².